The van der Waals surface area contributed by atoms with Gasteiger partial charge in [-0.15, -0.1) is 0 Å². The molecular formula is C11H16O3. The zero-order valence-electron chi connectivity index (χ0n) is 8.54. The molecule has 1 aliphatic heterocycles. The summed E-state index contributed by atoms with van der Waals surface area (Å²) >= 11 is 0. The van der Waals surface area contributed by atoms with E-state index in [2.05, 4.69) is 6.92 Å². The summed E-state index contributed by atoms with van der Waals surface area (Å²) in [5, 5.41) is 0. The maximum atomic E-state index is 11.0. The van der Waals surface area contributed by atoms with Crippen LogP contribution in [0.2, 0.25) is 0 Å². The second kappa shape index (κ2) is 5.58. The predicted octanol–water partition coefficient (Wildman–Crippen LogP) is 2.36. The highest BCUT2D eigenvalue weighted by atomic mass is 16.5. The summed E-state index contributed by atoms with van der Waals surface area (Å²) in [6.07, 6.45) is 5.38. The van der Waals surface area contributed by atoms with Crippen LogP contribution < -0.4 is 0 Å². The first kappa shape index (κ1) is 11.0. The Morgan fingerprint density at radius 2 is 2.21 bits per heavy atom. The van der Waals surface area contributed by atoms with Crippen LogP contribution in [0.3, 0.4) is 0 Å². The van der Waals surface area contributed by atoms with Gasteiger partial charge < -0.3 is 9.53 Å². The van der Waals surface area contributed by atoms with E-state index >= 15 is 0 Å². The Morgan fingerprint density at radius 3 is 2.86 bits per heavy atom. The fourth-order valence-electron chi connectivity index (χ4n) is 1.54. The molecule has 1 heterocycles. The Balaban J connectivity index is 2.52. The fraction of sp³-hybridized carbons (Fsp3) is 0.636. The lowest BCUT2D eigenvalue weighted by Gasteiger charge is -2.02. The molecule has 0 radical (unpaired) electrons. The molecule has 1 aliphatic rings. The van der Waals surface area contributed by atoms with Crippen molar-refractivity contribution in [3.05, 3.63) is 11.3 Å². The summed E-state index contributed by atoms with van der Waals surface area (Å²) < 4.78 is 5.10. The Bertz CT molecular complexity index is 253. The van der Waals surface area contributed by atoms with E-state index in [4.69, 9.17) is 4.74 Å². The molecule has 1 rings (SSSR count). The van der Waals surface area contributed by atoms with Crippen molar-refractivity contribution in [2.45, 2.75) is 45.4 Å². The largest absolute Gasteiger partial charge is 0.431 e. The second-order valence-electron chi connectivity index (χ2n) is 3.49. The topological polar surface area (TPSA) is 43.4 Å². The smallest absolute Gasteiger partial charge is 0.315 e. The molecule has 0 aliphatic carbocycles. The molecule has 0 spiro atoms. The molecule has 0 aromatic heterocycles. The number of carbonyl (C=O) groups is 2. The first-order valence-corrected chi connectivity index (χ1v) is 5.13. The van der Waals surface area contributed by atoms with Crippen molar-refractivity contribution in [1.29, 1.82) is 0 Å². The van der Waals surface area contributed by atoms with Gasteiger partial charge in [0.2, 0.25) is 0 Å². The van der Waals surface area contributed by atoms with Gasteiger partial charge in [0.1, 0.15) is 12.0 Å². The zero-order valence-corrected chi connectivity index (χ0v) is 8.54. The van der Waals surface area contributed by atoms with E-state index in [0.717, 1.165) is 36.9 Å². The van der Waals surface area contributed by atoms with Crippen molar-refractivity contribution in [3.8, 4) is 0 Å². The number of hydrogen-bond acceptors (Lipinski definition) is 3. The second-order valence-corrected chi connectivity index (χ2v) is 3.49. The van der Waals surface area contributed by atoms with Crippen molar-refractivity contribution < 1.29 is 14.3 Å². The lowest BCUT2D eigenvalue weighted by molar-refractivity contribution is -0.136. The lowest BCUT2D eigenvalue weighted by Crippen LogP contribution is -1.93. The van der Waals surface area contributed by atoms with Gasteiger partial charge in [0.15, 0.2) is 0 Å². The van der Waals surface area contributed by atoms with Crippen LogP contribution in [-0.4, -0.2) is 12.3 Å². The lowest BCUT2D eigenvalue weighted by atomic mass is 10.1. The summed E-state index contributed by atoms with van der Waals surface area (Å²) in [4.78, 5) is 21.3. The molecule has 0 unspecified atom stereocenters. The van der Waals surface area contributed by atoms with Crippen LogP contribution in [0, 0.1) is 0 Å². The van der Waals surface area contributed by atoms with E-state index in [9.17, 15) is 9.59 Å². The van der Waals surface area contributed by atoms with Crippen molar-refractivity contribution in [2.24, 2.45) is 0 Å². The number of ether oxygens (including phenoxy) is 1. The van der Waals surface area contributed by atoms with E-state index in [0.29, 0.717) is 19.3 Å². The monoisotopic (exact) mass is 196 g/mol. The molecule has 0 atom stereocenters. The highest BCUT2D eigenvalue weighted by Crippen LogP contribution is 2.27. The Kier molecular flexibility index (Phi) is 4.36. The van der Waals surface area contributed by atoms with Crippen molar-refractivity contribution in [2.75, 3.05) is 0 Å². The Morgan fingerprint density at radius 1 is 1.43 bits per heavy atom. The molecule has 0 aromatic carbocycles. The first-order chi connectivity index (χ1) is 6.77. The third kappa shape index (κ3) is 2.98. The quantitative estimate of drug-likeness (QED) is 0.484. The number of allylic oxidation sites excluding steroid dienone is 1. The predicted molar refractivity (Wildman–Crippen MR) is 52.6 cm³/mol. The van der Waals surface area contributed by atoms with Crippen LogP contribution >= 0.6 is 0 Å². The maximum Gasteiger partial charge on any atom is 0.315 e. The van der Waals surface area contributed by atoms with Gasteiger partial charge in [-0.25, -0.2) is 0 Å². The number of rotatable bonds is 6. The van der Waals surface area contributed by atoms with Gasteiger partial charge in [-0.2, -0.15) is 0 Å². The van der Waals surface area contributed by atoms with E-state index in [1.54, 1.807) is 0 Å². The van der Waals surface area contributed by atoms with Crippen LogP contribution in [0.25, 0.3) is 0 Å². The molecule has 0 amide bonds. The van der Waals surface area contributed by atoms with E-state index in [-0.39, 0.29) is 5.97 Å². The minimum absolute atomic E-state index is 0.169. The molecule has 78 valence electrons. The molecule has 0 fully saturated rings. The van der Waals surface area contributed by atoms with Crippen molar-refractivity contribution >= 4 is 12.3 Å². The van der Waals surface area contributed by atoms with Crippen LogP contribution in [0.4, 0.5) is 0 Å². The summed E-state index contributed by atoms with van der Waals surface area (Å²) in [5.41, 5.74) is 1.02. The van der Waals surface area contributed by atoms with Gasteiger partial charge in [0.05, 0.1) is 6.42 Å². The number of carbonyl (C=O) groups excluding carboxylic acids is 2. The third-order valence-corrected chi connectivity index (χ3v) is 2.31. The molecule has 3 nitrogen and oxygen atoms in total. The number of esters is 1. The SMILES string of the molecule is CCCCC1=C(CCC=O)CC(=O)O1. The average Bonchev–Trinajstić information content (AvgIpc) is 2.52. The molecule has 14 heavy (non-hydrogen) atoms. The fourth-order valence-corrected chi connectivity index (χ4v) is 1.54. The van der Waals surface area contributed by atoms with Gasteiger partial charge in [0.25, 0.3) is 0 Å². The summed E-state index contributed by atoms with van der Waals surface area (Å²) in [5.74, 6) is 0.649. The summed E-state index contributed by atoms with van der Waals surface area (Å²) in [7, 11) is 0. The van der Waals surface area contributed by atoms with Crippen LogP contribution in [0.1, 0.15) is 45.4 Å². The molecule has 0 aromatic rings. The highest BCUT2D eigenvalue weighted by molar-refractivity contribution is 5.77. The summed E-state index contributed by atoms with van der Waals surface area (Å²) in [6, 6.07) is 0. The van der Waals surface area contributed by atoms with Gasteiger partial charge in [-0.3, -0.25) is 4.79 Å². The Hall–Kier alpha value is -1.12. The average molecular weight is 196 g/mol. The normalized spacial score (nSPS) is 15.9. The van der Waals surface area contributed by atoms with E-state index in [1.165, 1.54) is 0 Å². The van der Waals surface area contributed by atoms with E-state index in [1.807, 2.05) is 0 Å². The first-order valence-electron chi connectivity index (χ1n) is 5.13. The minimum Gasteiger partial charge on any atom is -0.431 e. The van der Waals surface area contributed by atoms with Crippen molar-refractivity contribution in [3.63, 3.8) is 0 Å². The standard InChI is InChI=1S/C11H16O3/c1-2-3-6-10-9(5-4-7-12)8-11(13)14-10/h7H,2-6,8H2,1H3. The van der Waals surface area contributed by atoms with Crippen LogP contribution in [-0.2, 0) is 14.3 Å². The van der Waals surface area contributed by atoms with Gasteiger partial charge >= 0.3 is 5.97 Å². The van der Waals surface area contributed by atoms with Crippen LogP contribution in [0.5, 0.6) is 0 Å². The van der Waals surface area contributed by atoms with Crippen molar-refractivity contribution in [1.82, 2.24) is 0 Å². The van der Waals surface area contributed by atoms with Gasteiger partial charge in [-0.1, -0.05) is 13.3 Å². The third-order valence-electron chi connectivity index (χ3n) is 2.31. The number of unbranched alkanes of at least 4 members (excludes halogenated alkanes) is 1. The number of hydrogen-bond donors (Lipinski definition) is 0. The molecule has 0 bridgehead atoms. The molecule has 0 N–H and O–H groups in total. The highest BCUT2D eigenvalue weighted by Gasteiger charge is 2.22. The molecule has 3 heteroatoms. The molecule has 0 saturated carbocycles. The molecule has 0 saturated heterocycles. The van der Waals surface area contributed by atoms with Crippen LogP contribution in [0.15, 0.2) is 11.3 Å². The summed E-state index contributed by atoms with van der Waals surface area (Å²) in [6.45, 7) is 2.10. The van der Waals surface area contributed by atoms with Gasteiger partial charge in [-0.05, 0) is 18.4 Å². The maximum absolute atomic E-state index is 11.0. The number of aldehydes is 1. The van der Waals surface area contributed by atoms with E-state index < -0.39 is 0 Å². The number of cyclic esters (lactones) is 1. The zero-order chi connectivity index (χ0) is 10.4. The minimum atomic E-state index is -0.169. The van der Waals surface area contributed by atoms with Gasteiger partial charge in [0, 0.05) is 12.8 Å². The Labute approximate surface area is 84.1 Å². The molecular weight excluding hydrogens is 180 g/mol.